The minimum atomic E-state index is -0.604. The van der Waals surface area contributed by atoms with E-state index in [2.05, 4.69) is 16.2 Å². The number of rotatable bonds is 6. The van der Waals surface area contributed by atoms with Gasteiger partial charge in [-0.15, -0.1) is 0 Å². The van der Waals surface area contributed by atoms with Gasteiger partial charge in [-0.25, -0.2) is 4.39 Å². The summed E-state index contributed by atoms with van der Waals surface area (Å²) in [5.41, 5.74) is 6.80. The second-order valence-corrected chi connectivity index (χ2v) is 5.82. The lowest BCUT2D eigenvalue weighted by Crippen LogP contribution is -2.47. The van der Waals surface area contributed by atoms with Crippen molar-refractivity contribution in [2.45, 2.75) is 13.8 Å². The molecule has 2 aromatic carbocycles. The monoisotopic (exact) mass is 373 g/mol. The van der Waals surface area contributed by atoms with Crippen LogP contribution in [0.2, 0.25) is 0 Å². The molecule has 0 spiro atoms. The highest BCUT2D eigenvalue weighted by Crippen LogP contribution is 2.10. The molecule has 142 valence electrons. The van der Waals surface area contributed by atoms with Crippen LogP contribution >= 0.6 is 0 Å². The summed E-state index contributed by atoms with van der Waals surface area (Å²) in [6.07, 6.45) is 0. The second-order valence-electron chi connectivity index (χ2n) is 5.82. The largest absolute Gasteiger partial charge is 0.484 e. The summed E-state index contributed by atoms with van der Waals surface area (Å²) in [4.78, 5) is 35.3. The lowest BCUT2D eigenvalue weighted by Gasteiger charge is -2.10. The van der Waals surface area contributed by atoms with E-state index in [0.29, 0.717) is 11.3 Å². The quantitative estimate of drug-likeness (QED) is 0.667. The fraction of sp³-hybridized carbons (Fsp3) is 0.211. The Labute approximate surface area is 155 Å². The number of hydrogen-bond acceptors (Lipinski definition) is 4. The molecule has 2 aromatic rings. The standard InChI is InChI=1S/C19H20FN3O4/c1-12-3-4-14(9-13(12)2)19(26)21-10-17(24)22-23-18(25)11-27-16-7-5-15(20)6-8-16/h3-9H,10-11H2,1-2H3,(H,21,26)(H,22,24)(H,23,25). The van der Waals surface area contributed by atoms with E-state index in [0.717, 1.165) is 11.1 Å². The maximum atomic E-state index is 12.8. The van der Waals surface area contributed by atoms with Crippen molar-refractivity contribution < 1.29 is 23.5 Å². The highest BCUT2D eigenvalue weighted by molar-refractivity contribution is 5.96. The van der Waals surface area contributed by atoms with Crippen LogP contribution in [0.4, 0.5) is 4.39 Å². The lowest BCUT2D eigenvalue weighted by molar-refractivity contribution is -0.129. The van der Waals surface area contributed by atoms with Crippen molar-refractivity contribution in [2.24, 2.45) is 0 Å². The van der Waals surface area contributed by atoms with Gasteiger partial charge in [0.25, 0.3) is 17.7 Å². The van der Waals surface area contributed by atoms with Crippen LogP contribution in [0.15, 0.2) is 42.5 Å². The maximum Gasteiger partial charge on any atom is 0.276 e. The van der Waals surface area contributed by atoms with E-state index < -0.39 is 17.6 Å². The van der Waals surface area contributed by atoms with E-state index >= 15 is 0 Å². The molecule has 0 aromatic heterocycles. The lowest BCUT2D eigenvalue weighted by atomic mass is 10.1. The number of amides is 3. The molecule has 0 aliphatic carbocycles. The normalized spacial score (nSPS) is 10.0. The van der Waals surface area contributed by atoms with Crippen molar-refractivity contribution in [3.63, 3.8) is 0 Å². The zero-order chi connectivity index (χ0) is 19.8. The van der Waals surface area contributed by atoms with Crippen LogP contribution in [0.5, 0.6) is 5.75 Å². The maximum absolute atomic E-state index is 12.8. The molecule has 0 aliphatic rings. The SMILES string of the molecule is Cc1ccc(C(=O)NCC(=O)NNC(=O)COc2ccc(F)cc2)cc1C. The molecule has 27 heavy (non-hydrogen) atoms. The molecule has 0 atom stereocenters. The number of hydrazine groups is 1. The fourth-order valence-electron chi connectivity index (χ4n) is 2.04. The zero-order valence-electron chi connectivity index (χ0n) is 15.0. The summed E-state index contributed by atoms with van der Waals surface area (Å²) in [5, 5.41) is 2.46. The fourth-order valence-corrected chi connectivity index (χ4v) is 2.04. The number of ether oxygens (including phenoxy) is 1. The molecule has 3 N–H and O–H groups in total. The Balaban J connectivity index is 1.69. The first-order chi connectivity index (χ1) is 12.8. The first-order valence-corrected chi connectivity index (χ1v) is 8.16. The summed E-state index contributed by atoms with van der Waals surface area (Å²) >= 11 is 0. The highest BCUT2D eigenvalue weighted by Gasteiger charge is 2.10. The van der Waals surface area contributed by atoms with E-state index in [9.17, 15) is 18.8 Å². The van der Waals surface area contributed by atoms with Crippen molar-refractivity contribution in [1.82, 2.24) is 16.2 Å². The Bertz CT molecular complexity index is 837. The van der Waals surface area contributed by atoms with Crippen LogP contribution in [0, 0.1) is 19.7 Å². The molecule has 8 heteroatoms. The minimum Gasteiger partial charge on any atom is -0.484 e. The van der Waals surface area contributed by atoms with Gasteiger partial charge in [-0.3, -0.25) is 25.2 Å². The summed E-state index contributed by atoms with van der Waals surface area (Å²) in [6.45, 7) is 3.17. The van der Waals surface area contributed by atoms with Crippen molar-refractivity contribution in [1.29, 1.82) is 0 Å². The number of carbonyl (C=O) groups is 3. The van der Waals surface area contributed by atoms with Crippen molar-refractivity contribution in [2.75, 3.05) is 13.2 Å². The molecule has 7 nitrogen and oxygen atoms in total. The molecule has 0 bridgehead atoms. The highest BCUT2D eigenvalue weighted by atomic mass is 19.1. The van der Waals surface area contributed by atoms with Crippen LogP contribution in [0.3, 0.4) is 0 Å². The van der Waals surface area contributed by atoms with E-state index in [1.54, 1.807) is 12.1 Å². The van der Waals surface area contributed by atoms with Crippen LogP contribution in [0.1, 0.15) is 21.5 Å². The van der Waals surface area contributed by atoms with Gasteiger partial charge in [0.05, 0.1) is 6.54 Å². The van der Waals surface area contributed by atoms with Crippen molar-refractivity contribution >= 4 is 17.7 Å². The Kier molecular flexibility index (Phi) is 6.87. The Morgan fingerprint density at radius 2 is 1.59 bits per heavy atom. The van der Waals surface area contributed by atoms with E-state index in [4.69, 9.17) is 4.74 Å². The number of hydrogen-bond donors (Lipinski definition) is 3. The zero-order valence-corrected chi connectivity index (χ0v) is 15.0. The third kappa shape index (κ3) is 6.43. The summed E-state index contributed by atoms with van der Waals surface area (Å²) in [7, 11) is 0. The van der Waals surface area contributed by atoms with Crippen molar-refractivity contribution in [3.05, 3.63) is 65.0 Å². The first-order valence-electron chi connectivity index (χ1n) is 8.16. The third-order valence-electron chi connectivity index (χ3n) is 3.70. The third-order valence-corrected chi connectivity index (χ3v) is 3.70. The summed E-state index contributed by atoms with van der Waals surface area (Å²) < 4.78 is 17.9. The first kappa shape index (κ1) is 19.9. The molecule has 0 heterocycles. The summed E-state index contributed by atoms with van der Waals surface area (Å²) in [5.74, 6) is -1.69. The molecule has 0 saturated heterocycles. The molecule has 0 fully saturated rings. The average Bonchev–Trinajstić information content (AvgIpc) is 2.66. The number of carbonyl (C=O) groups excluding carboxylic acids is 3. The van der Waals surface area contributed by atoms with Gasteiger partial charge in [0.2, 0.25) is 0 Å². The number of aryl methyl sites for hydroxylation is 2. The number of halogens is 1. The second kappa shape index (κ2) is 9.33. The van der Waals surface area contributed by atoms with Gasteiger partial charge in [0, 0.05) is 5.56 Å². The van der Waals surface area contributed by atoms with E-state index in [1.807, 2.05) is 19.9 Å². The Morgan fingerprint density at radius 1 is 0.926 bits per heavy atom. The van der Waals surface area contributed by atoms with E-state index in [1.165, 1.54) is 24.3 Å². The molecule has 2 rings (SSSR count). The van der Waals surface area contributed by atoms with Gasteiger partial charge in [-0.1, -0.05) is 6.07 Å². The van der Waals surface area contributed by atoms with Gasteiger partial charge in [-0.2, -0.15) is 0 Å². The molecule has 0 unspecified atom stereocenters. The number of benzene rings is 2. The predicted molar refractivity (Wildman–Crippen MR) is 96.4 cm³/mol. The van der Waals surface area contributed by atoms with Crippen molar-refractivity contribution in [3.8, 4) is 5.75 Å². The van der Waals surface area contributed by atoms with Gasteiger partial charge in [-0.05, 0) is 61.4 Å². The van der Waals surface area contributed by atoms with Gasteiger partial charge < -0.3 is 10.1 Å². The minimum absolute atomic E-state index is 0.301. The van der Waals surface area contributed by atoms with Crippen LogP contribution in [-0.2, 0) is 9.59 Å². The molecular weight excluding hydrogens is 353 g/mol. The molecule has 0 aliphatic heterocycles. The topological polar surface area (TPSA) is 96.5 Å². The smallest absolute Gasteiger partial charge is 0.276 e. The summed E-state index contributed by atoms with van der Waals surface area (Å²) in [6, 6.07) is 10.4. The molecule has 3 amide bonds. The molecular formula is C19H20FN3O4. The molecule has 0 saturated carbocycles. The number of nitrogens with one attached hydrogen (secondary N) is 3. The molecule has 0 radical (unpaired) electrons. The Hall–Kier alpha value is -3.42. The van der Waals surface area contributed by atoms with Crippen LogP contribution in [0.25, 0.3) is 0 Å². The van der Waals surface area contributed by atoms with Gasteiger partial charge in [0.1, 0.15) is 11.6 Å². The average molecular weight is 373 g/mol. The van der Waals surface area contributed by atoms with Gasteiger partial charge >= 0.3 is 0 Å². The van der Waals surface area contributed by atoms with Crippen LogP contribution < -0.4 is 20.9 Å². The van der Waals surface area contributed by atoms with Gasteiger partial charge in [0.15, 0.2) is 6.61 Å². The van der Waals surface area contributed by atoms with E-state index in [-0.39, 0.29) is 19.1 Å². The van der Waals surface area contributed by atoms with Crippen LogP contribution in [-0.4, -0.2) is 30.9 Å². The Morgan fingerprint density at radius 3 is 2.26 bits per heavy atom. The predicted octanol–water partition coefficient (Wildman–Crippen LogP) is 1.40.